The number of hydrogen-bond donors (Lipinski definition) is 1. The summed E-state index contributed by atoms with van der Waals surface area (Å²) in [6.07, 6.45) is 8.90. The quantitative estimate of drug-likeness (QED) is 0.470. The van der Waals surface area contributed by atoms with Crippen LogP contribution in [0.2, 0.25) is 0 Å². The fourth-order valence-electron chi connectivity index (χ4n) is 7.27. The van der Waals surface area contributed by atoms with E-state index in [-0.39, 0.29) is 34.9 Å². The highest BCUT2D eigenvalue weighted by Gasteiger charge is 2.58. The second-order valence-electron chi connectivity index (χ2n) is 11.9. The van der Waals surface area contributed by atoms with E-state index in [1.54, 1.807) is 0 Å². The van der Waals surface area contributed by atoms with E-state index in [9.17, 15) is 9.90 Å². The average Bonchev–Trinajstić information content (AvgIpc) is 2.65. The summed E-state index contributed by atoms with van der Waals surface area (Å²) in [5.74, 6) is 0.327. The van der Waals surface area contributed by atoms with Crippen molar-refractivity contribution < 1.29 is 24.4 Å². The molecule has 1 heterocycles. The molecule has 7 atom stereocenters. The van der Waals surface area contributed by atoms with Crippen molar-refractivity contribution >= 4 is 5.97 Å². The Labute approximate surface area is 183 Å². The summed E-state index contributed by atoms with van der Waals surface area (Å²) < 4.78 is 4.84. The Bertz CT molecular complexity index is 619. The Morgan fingerprint density at radius 2 is 1.80 bits per heavy atom. The molecule has 30 heavy (non-hydrogen) atoms. The van der Waals surface area contributed by atoms with E-state index in [4.69, 9.17) is 14.5 Å². The number of ether oxygens (including phenoxy) is 1. The molecule has 1 N–H and O–H groups in total. The molecular formula is C25H44O5. The zero-order valence-electron chi connectivity index (χ0n) is 20.3. The number of fused-ring (bicyclic) bond motifs is 1. The van der Waals surface area contributed by atoms with Gasteiger partial charge in [-0.2, -0.15) is 0 Å². The smallest absolute Gasteiger partial charge is 0.311 e. The third-order valence-electron chi connectivity index (χ3n) is 9.18. The Morgan fingerprint density at radius 3 is 2.40 bits per heavy atom. The molecule has 0 aromatic carbocycles. The molecule has 0 aromatic rings. The van der Waals surface area contributed by atoms with E-state index in [1.807, 2.05) is 6.92 Å². The maximum Gasteiger partial charge on any atom is 0.311 e. The topological polar surface area (TPSA) is 65.0 Å². The second kappa shape index (κ2) is 8.37. The van der Waals surface area contributed by atoms with E-state index >= 15 is 0 Å². The molecule has 3 aliphatic rings. The van der Waals surface area contributed by atoms with E-state index in [2.05, 4.69) is 34.6 Å². The number of rotatable bonds is 5. The standard InChI is InChI=1S/C25H44O5/c1-17(21(26)28-7)18-9-14-23(4,30-29-18)15-10-20-24(5)13-8-12-22(2,3)19(24)11-16-25(20,6)27/h17-20,27H,8-16H2,1-7H3. The summed E-state index contributed by atoms with van der Waals surface area (Å²) in [4.78, 5) is 23.4. The van der Waals surface area contributed by atoms with Gasteiger partial charge < -0.3 is 9.84 Å². The van der Waals surface area contributed by atoms with E-state index in [0.717, 1.165) is 38.5 Å². The summed E-state index contributed by atoms with van der Waals surface area (Å²) in [6, 6.07) is 0. The van der Waals surface area contributed by atoms with Gasteiger partial charge in [0.05, 0.1) is 18.6 Å². The van der Waals surface area contributed by atoms with Gasteiger partial charge in [0.2, 0.25) is 0 Å². The molecule has 3 fully saturated rings. The molecule has 174 valence electrons. The molecule has 1 saturated heterocycles. The maximum atomic E-state index is 11.8. The molecule has 3 rings (SSSR count). The van der Waals surface area contributed by atoms with Gasteiger partial charge in [0.15, 0.2) is 0 Å². The van der Waals surface area contributed by atoms with Crippen molar-refractivity contribution in [3.63, 3.8) is 0 Å². The van der Waals surface area contributed by atoms with Crippen LogP contribution in [0.1, 0.15) is 99.3 Å². The van der Waals surface area contributed by atoms with Crippen LogP contribution in [0.4, 0.5) is 0 Å². The van der Waals surface area contributed by atoms with Crippen LogP contribution in [0.15, 0.2) is 0 Å². The van der Waals surface area contributed by atoms with Gasteiger partial charge in [-0.1, -0.05) is 27.2 Å². The first-order valence-corrected chi connectivity index (χ1v) is 12.0. The van der Waals surface area contributed by atoms with Gasteiger partial charge in [-0.15, -0.1) is 0 Å². The first kappa shape index (κ1) is 24.0. The lowest BCUT2D eigenvalue weighted by Crippen LogP contribution is -2.57. The number of hydrogen-bond acceptors (Lipinski definition) is 5. The molecule has 2 aliphatic carbocycles. The van der Waals surface area contributed by atoms with Crippen LogP contribution < -0.4 is 0 Å². The van der Waals surface area contributed by atoms with Crippen LogP contribution in [0.3, 0.4) is 0 Å². The monoisotopic (exact) mass is 424 g/mol. The number of methoxy groups -OCH3 is 1. The van der Waals surface area contributed by atoms with Gasteiger partial charge in [-0.25, -0.2) is 9.78 Å². The third-order valence-corrected chi connectivity index (χ3v) is 9.18. The normalized spacial score (nSPS) is 44.7. The minimum atomic E-state index is -0.632. The first-order chi connectivity index (χ1) is 13.8. The average molecular weight is 425 g/mol. The highest BCUT2D eigenvalue weighted by atomic mass is 17.2. The number of carbonyl (C=O) groups excluding carboxylic acids is 1. The van der Waals surface area contributed by atoms with Crippen LogP contribution in [-0.2, 0) is 19.3 Å². The summed E-state index contributed by atoms with van der Waals surface area (Å²) in [5.41, 5.74) is -0.507. The lowest BCUT2D eigenvalue weighted by molar-refractivity contribution is -0.412. The fraction of sp³-hybridized carbons (Fsp3) is 0.960. The molecular weight excluding hydrogens is 380 g/mol. The van der Waals surface area contributed by atoms with Gasteiger partial charge in [0.25, 0.3) is 0 Å². The molecule has 0 aromatic heterocycles. The van der Waals surface area contributed by atoms with E-state index in [1.165, 1.54) is 26.4 Å². The van der Waals surface area contributed by atoms with Crippen LogP contribution in [0.25, 0.3) is 0 Å². The van der Waals surface area contributed by atoms with Crippen LogP contribution in [0.5, 0.6) is 0 Å². The number of carbonyl (C=O) groups is 1. The number of esters is 1. The zero-order chi connectivity index (χ0) is 22.4. The summed E-state index contributed by atoms with van der Waals surface area (Å²) in [7, 11) is 1.41. The Balaban J connectivity index is 1.67. The van der Waals surface area contributed by atoms with Crippen molar-refractivity contribution in [1.82, 2.24) is 0 Å². The highest BCUT2D eigenvalue weighted by molar-refractivity contribution is 5.72. The SMILES string of the molecule is COC(=O)C(C)C1CCC(C)(CCC2C(C)(O)CCC3C(C)(C)CCCC32C)OO1. The van der Waals surface area contributed by atoms with Crippen molar-refractivity contribution in [2.24, 2.45) is 28.6 Å². The van der Waals surface area contributed by atoms with Gasteiger partial charge in [-0.05, 0) is 94.8 Å². The van der Waals surface area contributed by atoms with Crippen molar-refractivity contribution in [2.75, 3.05) is 7.11 Å². The zero-order valence-corrected chi connectivity index (χ0v) is 20.3. The fourth-order valence-corrected chi connectivity index (χ4v) is 7.27. The van der Waals surface area contributed by atoms with Crippen molar-refractivity contribution in [3.05, 3.63) is 0 Å². The van der Waals surface area contributed by atoms with Crippen LogP contribution in [0, 0.1) is 28.6 Å². The summed E-state index contributed by atoms with van der Waals surface area (Å²) in [6.45, 7) is 13.3. The minimum Gasteiger partial charge on any atom is -0.469 e. The molecule has 0 amide bonds. The summed E-state index contributed by atoms with van der Waals surface area (Å²) in [5, 5.41) is 11.4. The Hall–Kier alpha value is -0.650. The molecule has 5 heteroatoms. The van der Waals surface area contributed by atoms with Crippen molar-refractivity contribution in [2.45, 2.75) is 117 Å². The van der Waals surface area contributed by atoms with E-state index < -0.39 is 5.60 Å². The van der Waals surface area contributed by atoms with Crippen LogP contribution in [-0.4, -0.2) is 35.5 Å². The third kappa shape index (κ3) is 4.45. The Morgan fingerprint density at radius 1 is 1.10 bits per heavy atom. The van der Waals surface area contributed by atoms with Crippen molar-refractivity contribution in [3.8, 4) is 0 Å². The van der Waals surface area contributed by atoms with E-state index in [0.29, 0.717) is 11.3 Å². The predicted molar refractivity (Wildman–Crippen MR) is 117 cm³/mol. The van der Waals surface area contributed by atoms with Gasteiger partial charge in [0.1, 0.15) is 11.7 Å². The molecule has 0 spiro atoms. The van der Waals surface area contributed by atoms with Gasteiger partial charge in [0, 0.05) is 0 Å². The molecule has 2 saturated carbocycles. The highest BCUT2D eigenvalue weighted by Crippen LogP contribution is 2.63. The lowest BCUT2D eigenvalue weighted by Gasteiger charge is -2.61. The van der Waals surface area contributed by atoms with Gasteiger partial charge in [-0.3, -0.25) is 4.79 Å². The first-order valence-electron chi connectivity index (χ1n) is 12.0. The molecule has 0 bridgehead atoms. The van der Waals surface area contributed by atoms with Gasteiger partial charge >= 0.3 is 5.97 Å². The van der Waals surface area contributed by atoms with Crippen LogP contribution >= 0.6 is 0 Å². The Kier molecular flexibility index (Phi) is 6.69. The van der Waals surface area contributed by atoms with Crippen molar-refractivity contribution in [1.29, 1.82) is 0 Å². The number of aliphatic hydroxyl groups is 1. The summed E-state index contributed by atoms with van der Waals surface area (Å²) >= 11 is 0. The molecule has 7 unspecified atom stereocenters. The lowest BCUT2D eigenvalue weighted by atomic mass is 9.45. The predicted octanol–water partition coefficient (Wildman–Crippen LogP) is 5.44. The largest absolute Gasteiger partial charge is 0.469 e. The molecule has 5 nitrogen and oxygen atoms in total. The molecule has 0 radical (unpaired) electrons. The molecule has 1 aliphatic heterocycles. The second-order valence-corrected chi connectivity index (χ2v) is 11.9. The maximum absolute atomic E-state index is 11.8. The minimum absolute atomic E-state index is 0.164.